The molecule has 4 heterocycles. The van der Waals surface area contributed by atoms with E-state index in [9.17, 15) is 0 Å². The second kappa shape index (κ2) is 8.93. The van der Waals surface area contributed by atoms with E-state index in [-0.39, 0.29) is 6.04 Å². The van der Waals surface area contributed by atoms with E-state index in [1.807, 2.05) is 36.9 Å². The van der Waals surface area contributed by atoms with Crippen LogP contribution in [0.15, 0.2) is 73.3 Å². The van der Waals surface area contributed by atoms with Crippen LogP contribution in [-0.2, 0) is 4.74 Å². The van der Waals surface area contributed by atoms with Gasteiger partial charge >= 0.3 is 0 Å². The molecule has 0 aliphatic carbocycles. The topological polar surface area (TPSA) is 56.1 Å². The van der Waals surface area contributed by atoms with Crippen LogP contribution in [0.4, 0.5) is 5.69 Å². The van der Waals surface area contributed by atoms with Gasteiger partial charge in [0.15, 0.2) is 5.82 Å². The summed E-state index contributed by atoms with van der Waals surface area (Å²) in [5, 5.41) is 0. The molecule has 0 spiro atoms. The molecule has 4 aromatic rings. The van der Waals surface area contributed by atoms with Crippen LogP contribution in [0.25, 0.3) is 22.6 Å². The van der Waals surface area contributed by atoms with Crippen LogP contribution >= 0.6 is 0 Å². The lowest BCUT2D eigenvalue weighted by Gasteiger charge is -2.28. The molecule has 162 valence electrons. The second-order valence-electron chi connectivity index (χ2n) is 8.14. The third-order valence-electron chi connectivity index (χ3n) is 6.07. The Kier molecular flexibility index (Phi) is 5.69. The standard InChI is InChI=1S/C26H27N5O/c1-19-16-29-26(31(19)20(2)21-6-4-3-5-7-21)25-15-22(8-9-28-25)23-14-24(18-27-17-23)30-10-12-32-13-11-30/h3-9,14-18,20H,10-13H2,1-2H3/t20-/m1/s1. The highest BCUT2D eigenvalue weighted by molar-refractivity contribution is 5.70. The second-order valence-corrected chi connectivity index (χ2v) is 8.14. The number of imidazole rings is 1. The van der Waals surface area contributed by atoms with E-state index >= 15 is 0 Å². The fourth-order valence-corrected chi connectivity index (χ4v) is 4.32. The van der Waals surface area contributed by atoms with Gasteiger partial charge in [0.25, 0.3) is 0 Å². The van der Waals surface area contributed by atoms with Gasteiger partial charge in [-0.05, 0) is 43.2 Å². The molecule has 0 N–H and O–H groups in total. The summed E-state index contributed by atoms with van der Waals surface area (Å²) >= 11 is 0. The van der Waals surface area contributed by atoms with E-state index in [2.05, 4.69) is 69.7 Å². The molecule has 1 aromatic carbocycles. The van der Waals surface area contributed by atoms with Gasteiger partial charge in [-0.3, -0.25) is 9.97 Å². The van der Waals surface area contributed by atoms with Crippen molar-refractivity contribution >= 4 is 5.69 Å². The van der Waals surface area contributed by atoms with Crippen LogP contribution in [0.3, 0.4) is 0 Å². The molecule has 3 aromatic heterocycles. The average Bonchev–Trinajstić information content (AvgIpc) is 3.26. The van der Waals surface area contributed by atoms with Gasteiger partial charge in [0, 0.05) is 42.9 Å². The summed E-state index contributed by atoms with van der Waals surface area (Å²) in [4.78, 5) is 16.2. The number of aromatic nitrogens is 4. The van der Waals surface area contributed by atoms with Gasteiger partial charge in [0.05, 0.1) is 31.1 Å². The normalized spacial score (nSPS) is 15.0. The Morgan fingerprint density at radius 2 is 1.72 bits per heavy atom. The fourth-order valence-electron chi connectivity index (χ4n) is 4.32. The molecule has 1 aliphatic heterocycles. The number of nitrogens with zero attached hydrogens (tertiary/aromatic N) is 5. The first-order valence-corrected chi connectivity index (χ1v) is 11.0. The van der Waals surface area contributed by atoms with Crippen molar-refractivity contribution < 1.29 is 4.74 Å². The van der Waals surface area contributed by atoms with Crippen molar-refractivity contribution in [2.75, 3.05) is 31.2 Å². The third-order valence-corrected chi connectivity index (χ3v) is 6.07. The molecule has 0 bridgehead atoms. The van der Waals surface area contributed by atoms with Gasteiger partial charge in [-0.15, -0.1) is 0 Å². The molecular formula is C26H27N5O. The van der Waals surface area contributed by atoms with Crippen LogP contribution in [0.2, 0.25) is 0 Å². The molecule has 5 rings (SSSR count). The Balaban J connectivity index is 1.50. The van der Waals surface area contributed by atoms with Crippen molar-refractivity contribution in [1.82, 2.24) is 19.5 Å². The van der Waals surface area contributed by atoms with Crippen LogP contribution in [0.5, 0.6) is 0 Å². The SMILES string of the molecule is Cc1cnc(-c2cc(-c3cncc(N4CCOCC4)c3)ccn2)n1[C@H](C)c1ccccc1. The number of ether oxygens (including phenoxy) is 1. The summed E-state index contributed by atoms with van der Waals surface area (Å²) in [7, 11) is 0. The summed E-state index contributed by atoms with van der Waals surface area (Å²) in [5.41, 5.74) is 6.49. The zero-order chi connectivity index (χ0) is 21.9. The minimum atomic E-state index is 0.158. The molecular weight excluding hydrogens is 398 g/mol. The van der Waals surface area contributed by atoms with Crippen molar-refractivity contribution in [2.45, 2.75) is 19.9 Å². The van der Waals surface area contributed by atoms with E-state index in [4.69, 9.17) is 9.72 Å². The lowest BCUT2D eigenvalue weighted by Crippen LogP contribution is -2.36. The highest BCUT2D eigenvalue weighted by atomic mass is 16.5. The first-order chi connectivity index (χ1) is 15.7. The average molecular weight is 426 g/mol. The molecule has 1 atom stereocenters. The molecule has 0 saturated carbocycles. The summed E-state index contributed by atoms with van der Waals surface area (Å²) in [6, 6.07) is 17.0. The van der Waals surface area contributed by atoms with Crippen LogP contribution in [0.1, 0.15) is 24.2 Å². The molecule has 1 aliphatic rings. The minimum Gasteiger partial charge on any atom is -0.378 e. The highest BCUT2D eigenvalue weighted by Gasteiger charge is 2.18. The molecule has 1 saturated heterocycles. The van der Waals surface area contributed by atoms with Crippen LogP contribution in [0, 0.1) is 6.92 Å². The lowest BCUT2D eigenvalue weighted by atomic mass is 10.1. The number of morpholine rings is 1. The van der Waals surface area contributed by atoms with Crippen molar-refractivity contribution in [3.05, 3.63) is 84.6 Å². The van der Waals surface area contributed by atoms with Crippen LogP contribution in [-0.4, -0.2) is 45.8 Å². The van der Waals surface area contributed by atoms with Crippen molar-refractivity contribution in [3.63, 3.8) is 0 Å². The van der Waals surface area contributed by atoms with E-state index in [0.717, 1.165) is 60.3 Å². The summed E-state index contributed by atoms with van der Waals surface area (Å²) < 4.78 is 7.74. The number of benzene rings is 1. The predicted molar refractivity (Wildman–Crippen MR) is 127 cm³/mol. The fraction of sp³-hybridized carbons (Fsp3) is 0.269. The van der Waals surface area contributed by atoms with Gasteiger partial charge < -0.3 is 14.2 Å². The molecule has 1 fully saturated rings. The maximum absolute atomic E-state index is 5.49. The molecule has 0 unspecified atom stereocenters. The van der Waals surface area contributed by atoms with Crippen molar-refractivity contribution in [1.29, 1.82) is 0 Å². The van der Waals surface area contributed by atoms with Crippen molar-refractivity contribution in [2.24, 2.45) is 0 Å². The number of rotatable bonds is 5. The number of anilines is 1. The Hall–Kier alpha value is -3.51. The van der Waals surface area contributed by atoms with Gasteiger partial charge in [0.2, 0.25) is 0 Å². The molecule has 0 amide bonds. The highest BCUT2D eigenvalue weighted by Crippen LogP contribution is 2.30. The molecule has 6 nitrogen and oxygen atoms in total. The quantitative estimate of drug-likeness (QED) is 0.461. The molecule has 32 heavy (non-hydrogen) atoms. The smallest absolute Gasteiger partial charge is 0.159 e. The molecule has 0 radical (unpaired) electrons. The first-order valence-electron chi connectivity index (χ1n) is 11.0. The Morgan fingerprint density at radius 3 is 2.53 bits per heavy atom. The number of hydrogen-bond donors (Lipinski definition) is 0. The van der Waals surface area contributed by atoms with Gasteiger partial charge in [-0.1, -0.05) is 30.3 Å². The number of pyridine rings is 2. The number of hydrogen-bond acceptors (Lipinski definition) is 5. The largest absolute Gasteiger partial charge is 0.378 e. The monoisotopic (exact) mass is 425 g/mol. The summed E-state index contributed by atoms with van der Waals surface area (Å²) in [6.07, 6.45) is 7.61. The Labute approximate surface area is 188 Å². The van der Waals surface area contributed by atoms with E-state index < -0.39 is 0 Å². The van der Waals surface area contributed by atoms with Crippen LogP contribution < -0.4 is 4.90 Å². The summed E-state index contributed by atoms with van der Waals surface area (Å²) in [5.74, 6) is 0.873. The number of aryl methyl sites for hydroxylation is 1. The van der Waals surface area contributed by atoms with E-state index in [1.165, 1.54) is 5.56 Å². The van der Waals surface area contributed by atoms with Gasteiger partial charge in [-0.2, -0.15) is 0 Å². The predicted octanol–water partition coefficient (Wildman–Crippen LogP) is 4.76. The van der Waals surface area contributed by atoms with Gasteiger partial charge in [-0.25, -0.2) is 4.98 Å². The maximum Gasteiger partial charge on any atom is 0.159 e. The lowest BCUT2D eigenvalue weighted by molar-refractivity contribution is 0.122. The van der Waals surface area contributed by atoms with E-state index in [0.29, 0.717) is 0 Å². The zero-order valence-electron chi connectivity index (χ0n) is 18.5. The first kappa shape index (κ1) is 20.4. The third kappa shape index (κ3) is 4.01. The Bertz CT molecular complexity index is 1200. The van der Waals surface area contributed by atoms with Crippen molar-refractivity contribution in [3.8, 4) is 22.6 Å². The van der Waals surface area contributed by atoms with E-state index in [1.54, 1.807) is 0 Å². The van der Waals surface area contributed by atoms with Gasteiger partial charge in [0.1, 0.15) is 5.69 Å². The minimum absolute atomic E-state index is 0.158. The summed E-state index contributed by atoms with van der Waals surface area (Å²) in [6.45, 7) is 7.58. The Morgan fingerprint density at radius 1 is 0.906 bits per heavy atom. The molecule has 6 heteroatoms. The zero-order valence-corrected chi connectivity index (χ0v) is 18.5. The maximum atomic E-state index is 5.49.